The van der Waals surface area contributed by atoms with Gasteiger partial charge in [0.2, 0.25) is 0 Å². The lowest BCUT2D eigenvalue weighted by molar-refractivity contribution is -0.142. The first-order chi connectivity index (χ1) is 18.6. The molecule has 2 aromatic heterocycles. The van der Waals surface area contributed by atoms with Crippen molar-refractivity contribution in [1.29, 1.82) is 0 Å². The Morgan fingerprint density at radius 3 is 2.74 bits per heavy atom. The van der Waals surface area contributed by atoms with Gasteiger partial charge in [-0.15, -0.1) is 4.98 Å². The van der Waals surface area contributed by atoms with Gasteiger partial charge in [0, 0.05) is 16.5 Å². The first-order valence-electron chi connectivity index (χ1n) is 12.9. The summed E-state index contributed by atoms with van der Waals surface area (Å²) in [6, 6.07) is 16.0. The van der Waals surface area contributed by atoms with Crippen LogP contribution in [-0.2, 0) is 22.6 Å². The first-order valence-corrected chi connectivity index (χ1v) is 12.9. The van der Waals surface area contributed by atoms with Gasteiger partial charge < -0.3 is 19.1 Å². The lowest BCUT2D eigenvalue weighted by Crippen LogP contribution is -2.09. The number of hydrogen-bond acceptors (Lipinski definition) is 6. The highest BCUT2D eigenvalue weighted by atomic mass is 16.5. The Balaban J connectivity index is 1.53. The van der Waals surface area contributed by atoms with E-state index in [-0.39, 0.29) is 24.8 Å². The number of methoxy groups -OCH3 is 1. The van der Waals surface area contributed by atoms with Crippen LogP contribution in [-0.4, -0.2) is 34.5 Å². The van der Waals surface area contributed by atoms with Crippen LogP contribution in [0.25, 0.3) is 26.9 Å². The number of pyridine rings is 1. The quantitative estimate of drug-likeness (QED) is 0.190. The number of carbonyl (C=O) groups is 1. The molecular formula is C30H30N4O4. The normalized spacial score (nSPS) is 13.4. The van der Waals surface area contributed by atoms with Crippen molar-refractivity contribution in [2.45, 2.75) is 51.7 Å². The van der Waals surface area contributed by atoms with Gasteiger partial charge >= 0.3 is 11.8 Å². The zero-order valence-corrected chi connectivity index (χ0v) is 21.6. The minimum absolute atomic E-state index is 0.149. The van der Waals surface area contributed by atoms with E-state index < -0.39 is 0 Å². The van der Waals surface area contributed by atoms with E-state index in [1.165, 1.54) is 12.8 Å². The van der Waals surface area contributed by atoms with Gasteiger partial charge in [0.1, 0.15) is 24.2 Å². The summed E-state index contributed by atoms with van der Waals surface area (Å²) in [5.74, 6) is 1.04. The second-order valence-corrected chi connectivity index (χ2v) is 9.27. The Hall–Kier alpha value is -4.38. The molecule has 1 aliphatic carbocycles. The molecule has 5 rings (SSSR count). The Labute approximate surface area is 222 Å². The van der Waals surface area contributed by atoms with Crippen molar-refractivity contribution in [1.82, 2.24) is 14.8 Å². The Kier molecular flexibility index (Phi) is 7.55. The molecule has 1 aliphatic rings. The molecule has 0 aliphatic heterocycles. The molecule has 194 valence electrons. The van der Waals surface area contributed by atoms with Crippen LogP contribution >= 0.6 is 0 Å². The van der Waals surface area contributed by atoms with Crippen LogP contribution in [0.15, 0.2) is 54.7 Å². The van der Waals surface area contributed by atoms with Crippen LogP contribution in [0.2, 0.25) is 0 Å². The van der Waals surface area contributed by atoms with Crippen molar-refractivity contribution < 1.29 is 19.0 Å². The van der Waals surface area contributed by atoms with E-state index in [1.54, 1.807) is 20.2 Å². The molecule has 8 nitrogen and oxygen atoms in total. The van der Waals surface area contributed by atoms with Gasteiger partial charge in [-0.3, -0.25) is 9.48 Å². The highest BCUT2D eigenvalue weighted by Gasteiger charge is 2.23. The van der Waals surface area contributed by atoms with E-state index >= 15 is 0 Å². The van der Waals surface area contributed by atoms with Crippen molar-refractivity contribution in [2.24, 2.45) is 0 Å². The van der Waals surface area contributed by atoms with Gasteiger partial charge in [-0.2, -0.15) is 5.10 Å². The van der Waals surface area contributed by atoms with Crippen LogP contribution < -0.4 is 9.47 Å². The summed E-state index contributed by atoms with van der Waals surface area (Å²) in [6.07, 6.45) is 6.38. The second-order valence-electron chi connectivity index (χ2n) is 9.27. The van der Waals surface area contributed by atoms with Crippen LogP contribution in [0.3, 0.4) is 0 Å². The minimum atomic E-state index is -0.283. The highest BCUT2D eigenvalue weighted by molar-refractivity contribution is 5.89. The first kappa shape index (κ1) is 25.3. The molecule has 1 fully saturated rings. The molecule has 0 atom stereocenters. The number of fused-ring (bicyclic) bond motifs is 1. The molecule has 0 saturated heterocycles. The maximum Gasteiger partial charge on any atom is 0.312 e. The van der Waals surface area contributed by atoms with E-state index in [2.05, 4.69) is 26.6 Å². The third kappa shape index (κ3) is 5.05. The summed E-state index contributed by atoms with van der Waals surface area (Å²) < 4.78 is 19.1. The van der Waals surface area contributed by atoms with Gasteiger partial charge in [-0.1, -0.05) is 43.7 Å². The average Bonchev–Trinajstić information content (AvgIpc) is 3.60. The van der Waals surface area contributed by atoms with Crippen molar-refractivity contribution in [2.75, 3.05) is 13.7 Å². The SMILES string of the molecule is [C-]#[N+]c1nccc(-c2ccc3c(c2)c(COc2ccccc2CC(=O)OCC)nn3C2CCCC2)c1OC. The highest BCUT2D eigenvalue weighted by Crippen LogP contribution is 2.39. The Bertz CT molecular complexity index is 1500. The molecule has 2 heterocycles. The lowest BCUT2D eigenvalue weighted by Gasteiger charge is -2.12. The lowest BCUT2D eigenvalue weighted by atomic mass is 10.0. The van der Waals surface area contributed by atoms with E-state index in [0.717, 1.165) is 46.1 Å². The molecule has 0 bridgehead atoms. The van der Waals surface area contributed by atoms with E-state index in [4.69, 9.17) is 25.9 Å². The maximum absolute atomic E-state index is 12.1. The van der Waals surface area contributed by atoms with Crippen LogP contribution in [0.5, 0.6) is 11.5 Å². The molecule has 0 N–H and O–H groups in total. The van der Waals surface area contributed by atoms with Crippen LogP contribution in [0, 0.1) is 6.57 Å². The third-order valence-electron chi connectivity index (χ3n) is 6.94. The van der Waals surface area contributed by atoms with Gasteiger partial charge in [-0.05, 0) is 49.6 Å². The summed E-state index contributed by atoms with van der Waals surface area (Å²) in [5.41, 5.74) is 4.36. The van der Waals surface area contributed by atoms with Crippen molar-refractivity contribution in [3.63, 3.8) is 0 Å². The summed E-state index contributed by atoms with van der Waals surface area (Å²) in [6.45, 7) is 9.84. The molecule has 0 unspecified atom stereocenters. The molecule has 2 aromatic carbocycles. The standard InChI is InChI=1S/C30H30N4O4/c1-4-37-28(35)18-21-9-5-8-12-27(21)38-19-25-24-17-20(23-15-16-32-30(31-2)29(23)36-3)13-14-26(24)34(33-25)22-10-6-7-11-22/h5,8-9,12-17,22H,4,6-7,10-11,18-19H2,1,3H3. The number of hydrogen-bond donors (Lipinski definition) is 0. The van der Waals surface area contributed by atoms with Gasteiger partial charge in [-0.25, -0.2) is 0 Å². The molecule has 4 aromatic rings. The summed E-state index contributed by atoms with van der Waals surface area (Å²) in [4.78, 5) is 19.8. The van der Waals surface area contributed by atoms with Gasteiger partial charge in [0.05, 0.1) is 31.7 Å². The van der Waals surface area contributed by atoms with Crippen molar-refractivity contribution in [3.05, 3.63) is 77.4 Å². The summed E-state index contributed by atoms with van der Waals surface area (Å²) in [5, 5.41) is 6.01. The van der Waals surface area contributed by atoms with Gasteiger partial charge in [0.15, 0.2) is 5.75 Å². The number of nitrogens with zero attached hydrogens (tertiary/aromatic N) is 4. The fraction of sp³-hybridized carbons (Fsp3) is 0.333. The van der Waals surface area contributed by atoms with E-state index in [9.17, 15) is 4.79 Å². The maximum atomic E-state index is 12.1. The average molecular weight is 511 g/mol. The molecule has 0 spiro atoms. The predicted molar refractivity (Wildman–Crippen MR) is 144 cm³/mol. The van der Waals surface area contributed by atoms with Crippen LogP contribution in [0.4, 0.5) is 5.82 Å². The molecule has 1 saturated carbocycles. The molecule has 38 heavy (non-hydrogen) atoms. The topological polar surface area (TPSA) is 79.8 Å². The van der Waals surface area contributed by atoms with E-state index in [1.807, 2.05) is 36.4 Å². The minimum Gasteiger partial charge on any atom is -0.505 e. The molecule has 0 amide bonds. The molecule has 8 heteroatoms. The largest absolute Gasteiger partial charge is 0.505 e. The predicted octanol–water partition coefficient (Wildman–Crippen LogP) is 6.46. The number of carbonyl (C=O) groups excluding carboxylic acids is 1. The Morgan fingerprint density at radius 2 is 1.97 bits per heavy atom. The number of para-hydroxylation sites is 1. The number of ether oxygens (including phenoxy) is 3. The third-order valence-corrected chi connectivity index (χ3v) is 6.94. The zero-order valence-electron chi connectivity index (χ0n) is 21.6. The van der Waals surface area contributed by atoms with Crippen molar-refractivity contribution in [3.8, 4) is 22.6 Å². The van der Waals surface area contributed by atoms with Crippen LogP contribution in [0.1, 0.15) is 49.9 Å². The fourth-order valence-corrected chi connectivity index (χ4v) is 5.16. The monoisotopic (exact) mass is 510 g/mol. The Morgan fingerprint density at radius 1 is 1.16 bits per heavy atom. The summed E-state index contributed by atoms with van der Waals surface area (Å²) in [7, 11) is 1.55. The number of esters is 1. The number of aromatic nitrogens is 3. The van der Waals surface area contributed by atoms with Gasteiger partial charge in [0.25, 0.3) is 0 Å². The fourth-order valence-electron chi connectivity index (χ4n) is 5.16. The number of rotatable bonds is 9. The van der Waals surface area contributed by atoms with E-state index in [0.29, 0.717) is 24.1 Å². The summed E-state index contributed by atoms with van der Waals surface area (Å²) >= 11 is 0. The zero-order chi connectivity index (χ0) is 26.5. The smallest absolute Gasteiger partial charge is 0.312 e. The number of benzene rings is 2. The molecule has 0 radical (unpaired) electrons. The van der Waals surface area contributed by atoms with Crippen molar-refractivity contribution >= 4 is 22.7 Å². The molecular weight excluding hydrogens is 480 g/mol. The second kappa shape index (κ2) is 11.3.